The van der Waals surface area contributed by atoms with Crippen LogP contribution in [0, 0.1) is 3.57 Å². The van der Waals surface area contributed by atoms with Crippen molar-refractivity contribution < 1.29 is 5.11 Å². The molecule has 4 heteroatoms. The van der Waals surface area contributed by atoms with Gasteiger partial charge in [-0.15, -0.1) is 0 Å². The molecule has 3 nitrogen and oxygen atoms in total. The van der Waals surface area contributed by atoms with Crippen LogP contribution in [0.2, 0.25) is 0 Å². The smallest absolute Gasteiger partial charge is 0.0712 e. The Balaban J connectivity index is 2.50. The standard InChI is InChI=1S/C11H17IN2O/c1-2-3-9(15)7-14-11-5-4-8(12)6-10(11)13/h4-6,9,14-15H,2-3,7,13H2,1H3. The van der Waals surface area contributed by atoms with Gasteiger partial charge in [0.2, 0.25) is 0 Å². The summed E-state index contributed by atoms with van der Waals surface area (Å²) in [5.74, 6) is 0. The van der Waals surface area contributed by atoms with Crippen LogP contribution < -0.4 is 11.1 Å². The minimum Gasteiger partial charge on any atom is -0.397 e. The summed E-state index contributed by atoms with van der Waals surface area (Å²) in [6.45, 7) is 2.61. The number of nitrogen functional groups attached to an aromatic ring is 1. The highest BCUT2D eigenvalue weighted by Gasteiger charge is 2.04. The maximum Gasteiger partial charge on any atom is 0.0712 e. The molecule has 0 aliphatic rings. The van der Waals surface area contributed by atoms with E-state index < -0.39 is 0 Å². The van der Waals surface area contributed by atoms with E-state index in [-0.39, 0.29) is 6.10 Å². The van der Waals surface area contributed by atoms with Crippen LogP contribution in [0.1, 0.15) is 19.8 Å². The number of benzene rings is 1. The van der Waals surface area contributed by atoms with Crippen molar-refractivity contribution in [2.75, 3.05) is 17.6 Å². The predicted octanol–water partition coefficient (Wildman–Crippen LogP) is 2.45. The molecule has 0 bridgehead atoms. The van der Waals surface area contributed by atoms with Gasteiger partial charge in [0.15, 0.2) is 0 Å². The number of nitrogens with one attached hydrogen (secondary N) is 1. The molecule has 0 aliphatic carbocycles. The molecule has 1 rings (SSSR count). The molecule has 0 aliphatic heterocycles. The number of anilines is 2. The first-order valence-electron chi connectivity index (χ1n) is 5.10. The van der Waals surface area contributed by atoms with E-state index in [1.165, 1.54) is 0 Å². The molecule has 1 aromatic rings. The second kappa shape index (κ2) is 6.17. The number of nitrogens with two attached hydrogens (primary N) is 1. The Kier molecular flexibility index (Phi) is 5.17. The van der Waals surface area contributed by atoms with Crippen molar-refractivity contribution in [3.05, 3.63) is 21.8 Å². The number of aliphatic hydroxyl groups excluding tert-OH is 1. The Labute approximate surface area is 104 Å². The maximum absolute atomic E-state index is 9.55. The van der Waals surface area contributed by atoms with E-state index in [1.54, 1.807) is 0 Å². The highest BCUT2D eigenvalue weighted by Crippen LogP contribution is 2.20. The summed E-state index contributed by atoms with van der Waals surface area (Å²) in [6.07, 6.45) is 1.51. The van der Waals surface area contributed by atoms with Gasteiger partial charge >= 0.3 is 0 Å². The quantitative estimate of drug-likeness (QED) is 0.577. The lowest BCUT2D eigenvalue weighted by atomic mass is 10.2. The molecule has 0 aromatic heterocycles. The van der Waals surface area contributed by atoms with Gasteiger partial charge in [0, 0.05) is 10.1 Å². The predicted molar refractivity (Wildman–Crippen MR) is 73.0 cm³/mol. The van der Waals surface area contributed by atoms with Crippen molar-refractivity contribution in [3.8, 4) is 0 Å². The lowest BCUT2D eigenvalue weighted by Gasteiger charge is -2.13. The molecule has 0 saturated carbocycles. The van der Waals surface area contributed by atoms with Gasteiger partial charge in [-0.25, -0.2) is 0 Å². The molecular weight excluding hydrogens is 303 g/mol. The summed E-state index contributed by atoms with van der Waals surface area (Å²) in [6, 6.07) is 5.84. The summed E-state index contributed by atoms with van der Waals surface area (Å²) in [4.78, 5) is 0. The van der Waals surface area contributed by atoms with Crippen molar-refractivity contribution in [2.45, 2.75) is 25.9 Å². The summed E-state index contributed by atoms with van der Waals surface area (Å²) in [7, 11) is 0. The van der Waals surface area contributed by atoms with Crippen LogP contribution in [0.15, 0.2) is 18.2 Å². The zero-order chi connectivity index (χ0) is 11.3. The van der Waals surface area contributed by atoms with Crippen molar-refractivity contribution in [2.24, 2.45) is 0 Å². The van der Waals surface area contributed by atoms with Crippen LogP contribution in [-0.4, -0.2) is 17.8 Å². The molecule has 1 atom stereocenters. The van der Waals surface area contributed by atoms with Gasteiger partial charge < -0.3 is 16.2 Å². The Morgan fingerprint density at radius 1 is 1.53 bits per heavy atom. The number of hydrogen-bond acceptors (Lipinski definition) is 3. The van der Waals surface area contributed by atoms with Crippen molar-refractivity contribution in [1.29, 1.82) is 0 Å². The van der Waals surface area contributed by atoms with E-state index in [0.29, 0.717) is 6.54 Å². The van der Waals surface area contributed by atoms with E-state index in [1.807, 2.05) is 18.2 Å². The minimum atomic E-state index is -0.298. The molecule has 0 saturated heterocycles. The average Bonchev–Trinajstić information content (AvgIpc) is 2.17. The van der Waals surface area contributed by atoms with Crippen LogP contribution >= 0.6 is 22.6 Å². The van der Waals surface area contributed by atoms with E-state index in [4.69, 9.17) is 5.73 Å². The highest BCUT2D eigenvalue weighted by molar-refractivity contribution is 14.1. The number of halogens is 1. The SMILES string of the molecule is CCCC(O)CNc1ccc(I)cc1N. The first-order chi connectivity index (χ1) is 7.13. The van der Waals surface area contributed by atoms with Gasteiger partial charge in [-0.1, -0.05) is 13.3 Å². The minimum absolute atomic E-state index is 0.298. The summed E-state index contributed by atoms with van der Waals surface area (Å²) in [5.41, 5.74) is 7.45. The van der Waals surface area contributed by atoms with E-state index in [0.717, 1.165) is 27.8 Å². The van der Waals surface area contributed by atoms with Crippen molar-refractivity contribution in [3.63, 3.8) is 0 Å². The van der Waals surface area contributed by atoms with Crippen molar-refractivity contribution >= 4 is 34.0 Å². The molecule has 0 spiro atoms. The fourth-order valence-electron chi connectivity index (χ4n) is 1.36. The van der Waals surface area contributed by atoms with Crippen LogP contribution in [-0.2, 0) is 0 Å². The number of rotatable bonds is 5. The van der Waals surface area contributed by atoms with Gasteiger partial charge in [-0.05, 0) is 47.2 Å². The van der Waals surface area contributed by atoms with Gasteiger partial charge in [-0.3, -0.25) is 0 Å². The Bertz CT molecular complexity index is 317. The molecule has 0 radical (unpaired) electrons. The highest BCUT2D eigenvalue weighted by atomic mass is 127. The summed E-state index contributed by atoms with van der Waals surface area (Å²) in [5, 5.41) is 12.7. The Hall–Kier alpha value is -0.490. The summed E-state index contributed by atoms with van der Waals surface area (Å²) >= 11 is 2.22. The first-order valence-corrected chi connectivity index (χ1v) is 6.18. The third-order valence-electron chi connectivity index (χ3n) is 2.16. The topological polar surface area (TPSA) is 58.3 Å². The lowest BCUT2D eigenvalue weighted by molar-refractivity contribution is 0.176. The third-order valence-corrected chi connectivity index (χ3v) is 2.83. The van der Waals surface area contributed by atoms with Crippen LogP contribution in [0.3, 0.4) is 0 Å². The fourth-order valence-corrected chi connectivity index (χ4v) is 1.87. The average molecular weight is 320 g/mol. The number of aliphatic hydroxyl groups is 1. The molecule has 1 unspecified atom stereocenters. The van der Waals surface area contributed by atoms with E-state index in [2.05, 4.69) is 34.8 Å². The molecule has 0 fully saturated rings. The van der Waals surface area contributed by atoms with Gasteiger partial charge in [0.05, 0.1) is 17.5 Å². The van der Waals surface area contributed by atoms with Gasteiger partial charge in [0.1, 0.15) is 0 Å². The zero-order valence-corrected chi connectivity index (χ0v) is 11.0. The third kappa shape index (κ3) is 4.25. The molecule has 0 amide bonds. The Morgan fingerprint density at radius 3 is 2.87 bits per heavy atom. The lowest BCUT2D eigenvalue weighted by Crippen LogP contribution is -2.19. The van der Waals surface area contributed by atoms with Gasteiger partial charge in [-0.2, -0.15) is 0 Å². The Morgan fingerprint density at radius 2 is 2.27 bits per heavy atom. The molecule has 1 aromatic carbocycles. The van der Waals surface area contributed by atoms with Crippen LogP contribution in [0.25, 0.3) is 0 Å². The summed E-state index contributed by atoms with van der Waals surface area (Å²) < 4.78 is 1.12. The van der Waals surface area contributed by atoms with E-state index >= 15 is 0 Å². The molecular formula is C11H17IN2O. The molecule has 0 heterocycles. The normalized spacial score (nSPS) is 12.5. The van der Waals surface area contributed by atoms with Crippen molar-refractivity contribution in [1.82, 2.24) is 0 Å². The molecule has 4 N–H and O–H groups in total. The zero-order valence-electron chi connectivity index (χ0n) is 8.83. The molecule has 15 heavy (non-hydrogen) atoms. The fraction of sp³-hybridized carbons (Fsp3) is 0.455. The number of hydrogen-bond donors (Lipinski definition) is 3. The maximum atomic E-state index is 9.55. The second-order valence-electron chi connectivity index (χ2n) is 3.55. The van der Waals surface area contributed by atoms with Gasteiger partial charge in [0.25, 0.3) is 0 Å². The van der Waals surface area contributed by atoms with E-state index in [9.17, 15) is 5.11 Å². The monoisotopic (exact) mass is 320 g/mol. The molecule has 84 valence electrons. The largest absolute Gasteiger partial charge is 0.397 e. The van der Waals surface area contributed by atoms with Crippen LogP contribution in [0.4, 0.5) is 11.4 Å². The first kappa shape index (κ1) is 12.6. The second-order valence-corrected chi connectivity index (χ2v) is 4.80. The van der Waals surface area contributed by atoms with Crippen LogP contribution in [0.5, 0.6) is 0 Å².